The highest BCUT2D eigenvalue weighted by atomic mass is 35.5. The zero-order valence-corrected chi connectivity index (χ0v) is 14.8. The lowest BCUT2D eigenvalue weighted by atomic mass is 10.1. The fourth-order valence-electron chi connectivity index (χ4n) is 2.83. The number of nitrogens with zero attached hydrogens (tertiary/aromatic N) is 4. The summed E-state index contributed by atoms with van der Waals surface area (Å²) in [6.07, 6.45) is 6.19. The van der Waals surface area contributed by atoms with Gasteiger partial charge in [-0.15, -0.1) is 0 Å². The van der Waals surface area contributed by atoms with E-state index in [2.05, 4.69) is 25.5 Å². The summed E-state index contributed by atoms with van der Waals surface area (Å²) in [6.45, 7) is 0.995. The monoisotopic (exact) mass is 370 g/mol. The molecule has 0 radical (unpaired) electrons. The van der Waals surface area contributed by atoms with Crippen molar-refractivity contribution in [2.45, 2.75) is 12.8 Å². The Labute approximate surface area is 152 Å². The number of hydrogen-bond acceptors (Lipinski definition) is 5. The van der Waals surface area contributed by atoms with Crippen LogP contribution in [0.2, 0.25) is 5.02 Å². The molecule has 1 aliphatic carbocycles. The van der Waals surface area contributed by atoms with Crippen LogP contribution in [0.4, 0.5) is 5.13 Å². The SMILES string of the molecule is Clc1ccccc1-c1cncn1-c1n[nH]c2nc(NCC3CC3)sc12. The standard InChI is InChI=1S/C17H15ClN6S/c18-12-4-2-1-3-11(12)13-8-19-9-24(13)16-14-15(22-23-16)21-17(25-14)20-7-10-5-6-10/h1-4,8-10H,5-7H2,(H2,20,21,22,23). The van der Waals surface area contributed by atoms with Crippen molar-refractivity contribution >= 4 is 38.4 Å². The molecule has 3 aromatic heterocycles. The Hall–Kier alpha value is -2.38. The van der Waals surface area contributed by atoms with Crippen LogP contribution in [0.5, 0.6) is 0 Å². The van der Waals surface area contributed by atoms with Crippen molar-refractivity contribution in [2.75, 3.05) is 11.9 Å². The Morgan fingerprint density at radius 2 is 2.20 bits per heavy atom. The van der Waals surface area contributed by atoms with Crippen LogP contribution in [-0.4, -0.2) is 31.3 Å². The van der Waals surface area contributed by atoms with E-state index in [1.54, 1.807) is 23.9 Å². The van der Waals surface area contributed by atoms with Gasteiger partial charge in [-0.05, 0) is 24.8 Å². The third-order valence-electron chi connectivity index (χ3n) is 4.35. The first-order valence-electron chi connectivity index (χ1n) is 8.16. The molecule has 3 heterocycles. The second kappa shape index (κ2) is 5.86. The summed E-state index contributed by atoms with van der Waals surface area (Å²) in [6, 6.07) is 7.74. The summed E-state index contributed by atoms with van der Waals surface area (Å²) >= 11 is 7.97. The van der Waals surface area contributed by atoms with Gasteiger partial charge in [-0.1, -0.05) is 41.1 Å². The molecule has 5 rings (SSSR count). The summed E-state index contributed by atoms with van der Waals surface area (Å²) in [5.74, 6) is 1.60. The van der Waals surface area contributed by atoms with Gasteiger partial charge in [0.2, 0.25) is 0 Å². The van der Waals surface area contributed by atoms with E-state index in [9.17, 15) is 0 Å². The zero-order chi connectivity index (χ0) is 16.8. The molecule has 0 atom stereocenters. The molecule has 0 aliphatic heterocycles. The van der Waals surface area contributed by atoms with Crippen LogP contribution in [0.1, 0.15) is 12.8 Å². The van der Waals surface area contributed by atoms with E-state index in [-0.39, 0.29) is 0 Å². The predicted molar refractivity (Wildman–Crippen MR) is 101 cm³/mol. The molecular weight excluding hydrogens is 356 g/mol. The number of rotatable bonds is 5. The molecule has 0 saturated heterocycles. The van der Waals surface area contributed by atoms with Gasteiger partial charge < -0.3 is 5.32 Å². The van der Waals surface area contributed by atoms with Crippen molar-refractivity contribution in [1.82, 2.24) is 24.7 Å². The molecule has 2 N–H and O–H groups in total. The summed E-state index contributed by atoms with van der Waals surface area (Å²) in [7, 11) is 0. The van der Waals surface area contributed by atoms with E-state index in [4.69, 9.17) is 11.6 Å². The van der Waals surface area contributed by atoms with Gasteiger partial charge in [0.15, 0.2) is 16.6 Å². The molecule has 0 spiro atoms. The molecule has 8 heteroatoms. The molecular formula is C17H15ClN6S. The topological polar surface area (TPSA) is 71.4 Å². The minimum Gasteiger partial charge on any atom is -0.361 e. The average Bonchev–Trinajstić information content (AvgIpc) is 3.01. The maximum Gasteiger partial charge on any atom is 0.185 e. The number of nitrogens with one attached hydrogen (secondary N) is 2. The molecule has 126 valence electrons. The largest absolute Gasteiger partial charge is 0.361 e. The Morgan fingerprint density at radius 1 is 1.32 bits per heavy atom. The van der Waals surface area contributed by atoms with Crippen molar-refractivity contribution in [3.8, 4) is 17.1 Å². The van der Waals surface area contributed by atoms with Crippen molar-refractivity contribution in [3.63, 3.8) is 0 Å². The van der Waals surface area contributed by atoms with E-state index in [0.29, 0.717) is 5.02 Å². The van der Waals surface area contributed by atoms with Crippen molar-refractivity contribution in [2.24, 2.45) is 5.92 Å². The number of thiazole rings is 1. The van der Waals surface area contributed by atoms with Gasteiger partial charge in [0.1, 0.15) is 11.0 Å². The number of aromatic amines is 1. The number of anilines is 1. The molecule has 0 unspecified atom stereocenters. The van der Waals surface area contributed by atoms with Gasteiger partial charge >= 0.3 is 0 Å². The molecule has 1 aromatic carbocycles. The van der Waals surface area contributed by atoms with Crippen LogP contribution < -0.4 is 5.32 Å². The third kappa shape index (κ3) is 2.69. The van der Waals surface area contributed by atoms with Gasteiger partial charge in [0.25, 0.3) is 0 Å². The number of fused-ring (bicyclic) bond motifs is 1. The van der Waals surface area contributed by atoms with Crippen molar-refractivity contribution in [3.05, 3.63) is 41.8 Å². The fourth-order valence-corrected chi connectivity index (χ4v) is 3.97. The number of hydrogen-bond donors (Lipinski definition) is 2. The third-order valence-corrected chi connectivity index (χ3v) is 5.69. The number of aromatic nitrogens is 5. The molecule has 0 bridgehead atoms. The molecule has 4 aromatic rings. The maximum atomic E-state index is 6.36. The Balaban J connectivity index is 1.55. The second-order valence-corrected chi connectivity index (χ2v) is 7.60. The first-order valence-corrected chi connectivity index (χ1v) is 9.35. The van der Waals surface area contributed by atoms with Crippen LogP contribution in [-0.2, 0) is 0 Å². The van der Waals surface area contributed by atoms with E-state index in [0.717, 1.165) is 45.0 Å². The van der Waals surface area contributed by atoms with E-state index < -0.39 is 0 Å². The van der Waals surface area contributed by atoms with Crippen LogP contribution in [0.15, 0.2) is 36.8 Å². The highest BCUT2D eigenvalue weighted by molar-refractivity contribution is 7.22. The lowest BCUT2D eigenvalue weighted by Crippen LogP contribution is -2.02. The first kappa shape index (κ1) is 14.9. The number of benzene rings is 1. The number of halogens is 1. The summed E-state index contributed by atoms with van der Waals surface area (Å²) in [5, 5.41) is 12.5. The number of H-pyrrole nitrogens is 1. The van der Waals surface area contributed by atoms with Gasteiger partial charge in [0.05, 0.1) is 11.9 Å². The second-order valence-electron chi connectivity index (χ2n) is 6.20. The van der Waals surface area contributed by atoms with Crippen LogP contribution in [0.25, 0.3) is 27.4 Å². The lowest BCUT2D eigenvalue weighted by Gasteiger charge is -2.06. The van der Waals surface area contributed by atoms with Crippen LogP contribution in [0, 0.1) is 5.92 Å². The van der Waals surface area contributed by atoms with Gasteiger partial charge in [0, 0.05) is 17.1 Å². The van der Waals surface area contributed by atoms with Crippen LogP contribution >= 0.6 is 22.9 Å². The zero-order valence-electron chi connectivity index (χ0n) is 13.2. The summed E-state index contributed by atoms with van der Waals surface area (Å²) in [4.78, 5) is 8.89. The van der Waals surface area contributed by atoms with Gasteiger partial charge in [-0.3, -0.25) is 9.67 Å². The van der Waals surface area contributed by atoms with Crippen molar-refractivity contribution < 1.29 is 0 Å². The van der Waals surface area contributed by atoms with E-state index >= 15 is 0 Å². The Morgan fingerprint density at radius 3 is 3.04 bits per heavy atom. The first-order chi connectivity index (χ1) is 12.3. The highest BCUT2D eigenvalue weighted by Gasteiger charge is 2.22. The van der Waals surface area contributed by atoms with Crippen LogP contribution in [0.3, 0.4) is 0 Å². The smallest absolute Gasteiger partial charge is 0.185 e. The Kier molecular flexibility index (Phi) is 3.50. The number of imidazole rings is 1. The van der Waals surface area contributed by atoms with E-state index in [1.807, 2.05) is 28.8 Å². The summed E-state index contributed by atoms with van der Waals surface area (Å²) < 4.78 is 2.95. The summed E-state index contributed by atoms with van der Waals surface area (Å²) in [5.41, 5.74) is 2.62. The molecule has 1 aliphatic rings. The molecule has 25 heavy (non-hydrogen) atoms. The normalized spacial score (nSPS) is 14.3. The van der Waals surface area contributed by atoms with Crippen molar-refractivity contribution in [1.29, 1.82) is 0 Å². The minimum absolute atomic E-state index is 0.687. The minimum atomic E-state index is 0.687. The molecule has 6 nitrogen and oxygen atoms in total. The molecule has 0 amide bonds. The van der Waals surface area contributed by atoms with Gasteiger partial charge in [-0.2, -0.15) is 5.10 Å². The molecule has 1 saturated carbocycles. The Bertz CT molecular complexity index is 1040. The quantitative estimate of drug-likeness (QED) is 0.548. The fraction of sp³-hybridized carbons (Fsp3) is 0.235. The highest BCUT2D eigenvalue weighted by Crippen LogP contribution is 2.35. The van der Waals surface area contributed by atoms with Gasteiger partial charge in [-0.25, -0.2) is 9.97 Å². The average molecular weight is 371 g/mol. The molecule has 1 fully saturated rings. The van der Waals surface area contributed by atoms with E-state index in [1.165, 1.54) is 12.8 Å². The predicted octanol–water partition coefficient (Wildman–Crippen LogP) is 4.35. The lowest BCUT2D eigenvalue weighted by molar-refractivity contribution is 0.887. The maximum absolute atomic E-state index is 6.36.